The van der Waals surface area contributed by atoms with Crippen molar-refractivity contribution in [1.82, 2.24) is 29.9 Å². The van der Waals surface area contributed by atoms with Crippen LogP contribution in [0.15, 0.2) is 42.6 Å². The number of hydrogen-bond donors (Lipinski definition) is 2. The fraction of sp³-hybridized carbons (Fsp3) is 0.200. The second-order valence-electron chi connectivity index (χ2n) is 7.15. The summed E-state index contributed by atoms with van der Waals surface area (Å²) in [5, 5.41) is 28.3. The summed E-state index contributed by atoms with van der Waals surface area (Å²) in [4.78, 5) is 13.0. The lowest BCUT2D eigenvalue weighted by atomic mass is 10.0. The highest BCUT2D eigenvalue weighted by atomic mass is 16.3. The van der Waals surface area contributed by atoms with E-state index in [0.29, 0.717) is 34.7 Å². The fourth-order valence-electron chi connectivity index (χ4n) is 2.97. The second-order valence-corrected chi connectivity index (χ2v) is 7.15. The summed E-state index contributed by atoms with van der Waals surface area (Å²) in [5.74, 6) is 0.0942. The minimum absolute atomic E-state index is 0.0942. The van der Waals surface area contributed by atoms with E-state index in [1.54, 1.807) is 49.0 Å². The van der Waals surface area contributed by atoms with Crippen molar-refractivity contribution in [3.63, 3.8) is 0 Å². The van der Waals surface area contributed by atoms with Crippen molar-refractivity contribution in [1.29, 1.82) is 5.26 Å². The Morgan fingerprint density at radius 1 is 1.17 bits per heavy atom. The van der Waals surface area contributed by atoms with Crippen molar-refractivity contribution in [3.8, 4) is 17.5 Å². The fourth-order valence-corrected chi connectivity index (χ4v) is 2.97. The maximum absolute atomic E-state index is 10.2. The number of hydrogen-bond acceptors (Lipinski definition) is 8. The number of benzene rings is 1. The molecule has 1 aromatic carbocycles. The van der Waals surface area contributed by atoms with Crippen molar-refractivity contribution in [2.45, 2.75) is 26.0 Å². The third kappa shape index (κ3) is 3.74. The Labute approximate surface area is 166 Å². The van der Waals surface area contributed by atoms with Crippen molar-refractivity contribution < 1.29 is 5.11 Å². The van der Waals surface area contributed by atoms with Gasteiger partial charge in [-0.2, -0.15) is 5.26 Å². The highest BCUT2D eigenvalue weighted by Crippen LogP contribution is 2.26. The minimum atomic E-state index is -1.02. The van der Waals surface area contributed by atoms with E-state index in [9.17, 15) is 5.11 Å². The Balaban J connectivity index is 1.69. The molecular formula is C20H18N8O. The number of nitrogens with two attached hydrogens (primary N) is 1. The van der Waals surface area contributed by atoms with Crippen LogP contribution in [0.3, 0.4) is 0 Å². The molecule has 0 aliphatic heterocycles. The highest BCUT2D eigenvalue weighted by molar-refractivity contribution is 5.92. The summed E-state index contributed by atoms with van der Waals surface area (Å²) in [6.45, 7) is 3.76. The van der Waals surface area contributed by atoms with E-state index in [1.807, 2.05) is 12.1 Å². The van der Waals surface area contributed by atoms with Gasteiger partial charge < -0.3 is 10.8 Å². The molecule has 0 saturated heterocycles. The quantitative estimate of drug-likeness (QED) is 0.543. The first-order chi connectivity index (χ1) is 13.8. The van der Waals surface area contributed by atoms with Gasteiger partial charge in [0.25, 0.3) is 0 Å². The molecule has 0 unspecified atom stereocenters. The van der Waals surface area contributed by atoms with Gasteiger partial charge in [-0.3, -0.25) is 4.98 Å². The topological polar surface area (TPSA) is 139 Å². The number of nitrogen functional groups attached to an aromatic ring is 1. The average Bonchev–Trinajstić information content (AvgIpc) is 3.14. The normalized spacial score (nSPS) is 11.5. The van der Waals surface area contributed by atoms with Gasteiger partial charge in [0, 0.05) is 5.39 Å². The lowest BCUT2D eigenvalue weighted by molar-refractivity contribution is 0.0736. The molecule has 0 spiro atoms. The van der Waals surface area contributed by atoms with Crippen LogP contribution >= 0.6 is 0 Å². The monoisotopic (exact) mass is 386 g/mol. The van der Waals surface area contributed by atoms with E-state index in [1.165, 1.54) is 0 Å². The zero-order chi connectivity index (χ0) is 20.6. The molecule has 9 nitrogen and oxygen atoms in total. The predicted octanol–water partition coefficient (Wildman–Crippen LogP) is 2.01. The summed E-state index contributed by atoms with van der Waals surface area (Å²) in [7, 11) is 0. The predicted molar refractivity (Wildman–Crippen MR) is 106 cm³/mol. The van der Waals surface area contributed by atoms with Crippen LogP contribution < -0.4 is 5.73 Å². The first kappa shape index (κ1) is 18.5. The molecule has 29 heavy (non-hydrogen) atoms. The van der Waals surface area contributed by atoms with E-state index in [4.69, 9.17) is 11.0 Å². The maximum atomic E-state index is 10.2. The van der Waals surface area contributed by atoms with Gasteiger partial charge >= 0.3 is 0 Å². The number of rotatable bonds is 4. The lowest BCUT2D eigenvalue weighted by Crippen LogP contribution is -2.18. The van der Waals surface area contributed by atoms with E-state index < -0.39 is 5.60 Å². The van der Waals surface area contributed by atoms with Crippen LogP contribution in [0, 0.1) is 11.3 Å². The van der Waals surface area contributed by atoms with Crippen molar-refractivity contribution >= 4 is 16.9 Å². The first-order valence-corrected chi connectivity index (χ1v) is 8.90. The molecule has 0 radical (unpaired) electrons. The zero-order valence-corrected chi connectivity index (χ0v) is 15.9. The first-order valence-electron chi connectivity index (χ1n) is 8.90. The number of pyridine rings is 1. The largest absolute Gasteiger partial charge is 0.384 e. The van der Waals surface area contributed by atoms with E-state index >= 15 is 0 Å². The molecule has 3 aromatic heterocycles. The van der Waals surface area contributed by atoms with Crippen LogP contribution in [0.2, 0.25) is 0 Å². The van der Waals surface area contributed by atoms with Crippen LogP contribution in [0.4, 0.5) is 5.95 Å². The molecule has 0 aliphatic carbocycles. The van der Waals surface area contributed by atoms with Crippen LogP contribution in [0.25, 0.3) is 22.3 Å². The van der Waals surface area contributed by atoms with E-state index in [2.05, 4.69) is 31.3 Å². The third-order valence-corrected chi connectivity index (χ3v) is 4.38. The van der Waals surface area contributed by atoms with Gasteiger partial charge in [-0.15, -0.1) is 5.10 Å². The lowest BCUT2D eigenvalue weighted by Gasteiger charge is -2.17. The van der Waals surface area contributed by atoms with Crippen LogP contribution in [0.1, 0.15) is 30.8 Å². The van der Waals surface area contributed by atoms with Crippen molar-refractivity contribution in [2.75, 3.05) is 5.73 Å². The molecule has 0 aliphatic rings. The Hall–Kier alpha value is -3.90. The number of nitriles is 1. The molecule has 0 amide bonds. The number of fused-ring (bicyclic) bond motifs is 1. The standard InChI is InChI=1S/C20H18N8O/c1-20(2,29)17-5-3-4-13(23-17)10-28-11-16(26-27-28)18-14-7-6-12(9-21)8-15(14)24-19(22)25-18/h3-8,11,29H,10H2,1-2H3,(H2,22,24,25). The summed E-state index contributed by atoms with van der Waals surface area (Å²) in [6.07, 6.45) is 1.75. The Morgan fingerprint density at radius 3 is 2.76 bits per heavy atom. The van der Waals surface area contributed by atoms with Crippen LogP contribution in [-0.4, -0.2) is 35.1 Å². The number of aromatic nitrogens is 6. The van der Waals surface area contributed by atoms with Crippen molar-refractivity contribution in [2.24, 2.45) is 0 Å². The minimum Gasteiger partial charge on any atom is -0.384 e. The molecule has 3 heterocycles. The van der Waals surface area contributed by atoms with Crippen molar-refractivity contribution in [3.05, 3.63) is 59.5 Å². The van der Waals surface area contributed by atoms with E-state index in [0.717, 1.165) is 11.1 Å². The SMILES string of the molecule is CC(C)(O)c1cccc(Cn2cc(-c3nc(N)nc4cc(C#N)ccc34)nn2)n1. The Kier molecular flexibility index (Phi) is 4.41. The molecule has 0 saturated carbocycles. The molecule has 3 N–H and O–H groups in total. The van der Waals surface area contributed by atoms with Gasteiger partial charge in [-0.05, 0) is 44.2 Å². The van der Waals surface area contributed by atoms with Gasteiger partial charge in [0.2, 0.25) is 5.95 Å². The zero-order valence-electron chi connectivity index (χ0n) is 15.9. The van der Waals surface area contributed by atoms with Gasteiger partial charge in [0.05, 0.1) is 41.3 Å². The Bertz CT molecular complexity index is 1250. The summed E-state index contributed by atoms with van der Waals surface area (Å²) >= 11 is 0. The second kappa shape index (κ2) is 6.92. The summed E-state index contributed by atoms with van der Waals surface area (Å²) in [6, 6.07) is 12.7. The molecule has 9 heteroatoms. The molecule has 0 fully saturated rings. The molecule has 4 rings (SSSR count). The van der Waals surface area contributed by atoms with Gasteiger partial charge in [0.15, 0.2) is 0 Å². The summed E-state index contributed by atoms with van der Waals surface area (Å²) in [5.41, 5.74) is 8.28. The van der Waals surface area contributed by atoms with Crippen LogP contribution in [0.5, 0.6) is 0 Å². The number of anilines is 1. The maximum Gasteiger partial charge on any atom is 0.221 e. The third-order valence-electron chi connectivity index (χ3n) is 4.38. The number of nitrogens with zero attached hydrogens (tertiary/aromatic N) is 7. The van der Waals surface area contributed by atoms with Crippen LogP contribution in [-0.2, 0) is 12.1 Å². The molecule has 4 aromatic rings. The van der Waals surface area contributed by atoms with Gasteiger partial charge in [-0.1, -0.05) is 11.3 Å². The van der Waals surface area contributed by atoms with E-state index in [-0.39, 0.29) is 5.95 Å². The molecule has 0 atom stereocenters. The van der Waals surface area contributed by atoms with Gasteiger partial charge in [0.1, 0.15) is 17.0 Å². The molecule has 0 bridgehead atoms. The number of aliphatic hydroxyl groups is 1. The summed E-state index contributed by atoms with van der Waals surface area (Å²) < 4.78 is 1.64. The highest BCUT2D eigenvalue weighted by Gasteiger charge is 2.18. The smallest absolute Gasteiger partial charge is 0.221 e. The molecule has 144 valence electrons. The molecular weight excluding hydrogens is 368 g/mol. The Morgan fingerprint density at radius 2 is 2.00 bits per heavy atom. The average molecular weight is 386 g/mol. The van der Waals surface area contributed by atoms with Gasteiger partial charge in [-0.25, -0.2) is 14.6 Å².